The van der Waals surface area contributed by atoms with Crippen LogP contribution in [-0.4, -0.2) is 27.1 Å². The summed E-state index contributed by atoms with van der Waals surface area (Å²) in [6.07, 6.45) is 0. The number of anilines is 2. The summed E-state index contributed by atoms with van der Waals surface area (Å²) in [6.45, 7) is 0. The SMILES string of the molecule is CN(C)c1ccc(N(N)S(=O)(=O)[O-])cc1.[Na+]. The van der Waals surface area contributed by atoms with Crippen molar-refractivity contribution < 1.29 is 42.5 Å². The summed E-state index contributed by atoms with van der Waals surface area (Å²) in [5.74, 6) is 5.12. The second-order valence-electron chi connectivity index (χ2n) is 3.16. The summed E-state index contributed by atoms with van der Waals surface area (Å²) < 4.78 is 32.0. The minimum absolute atomic E-state index is 0. The Morgan fingerprint density at radius 1 is 1.12 bits per heavy atom. The molecule has 0 aliphatic rings. The van der Waals surface area contributed by atoms with Crippen LogP contribution in [0.1, 0.15) is 0 Å². The van der Waals surface area contributed by atoms with E-state index in [0.717, 1.165) is 5.69 Å². The molecule has 0 fully saturated rings. The fourth-order valence-corrected chi connectivity index (χ4v) is 1.41. The van der Waals surface area contributed by atoms with Crippen LogP contribution in [0.15, 0.2) is 24.3 Å². The van der Waals surface area contributed by atoms with E-state index in [2.05, 4.69) is 0 Å². The van der Waals surface area contributed by atoms with E-state index in [-0.39, 0.29) is 39.7 Å². The fourth-order valence-electron chi connectivity index (χ4n) is 1.03. The first kappa shape index (κ1) is 15.7. The van der Waals surface area contributed by atoms with Crippen molar-refractivity contribution in [3.63, 3.8) is 0 Å². The van der Waals surface area contributed by atoms with Crippen molar-refractivity contribution in [1.82, 2.24) is 0 Å². The van der Waals surface area contributed by atoms with E-state index in [9.17, 15) is 13.0 Å². The van der Waals surface area contributed by atoms with Crippen molar-refractivity contribution >= 4 is 21.7 Å². The molecule has 0 heterocycles. The van der Waals surface area contributed by atoms with E-state index in [1.165, 1.54) is 12.1 Å². The predicted octanol–water partition coefficient (Wildman–Crippen LogP) is -3.10. The van der Waals surface area contributed by atoms with Gasteiger partial charge in [0.2, 0.25) is 0 Å². The molecule has 1 aromatic rings. The van der Waals surface area contributed by atoms with Crippen LogP contribution in [0, 0.1) is 0 Å². The van der Waals surface area contributed by atoms with Crippen molar-refractivity contribution in [3.8, 4) is 0 Å². The van der Waals surface area contributed by atoms with Crippen molar-refractivity contribution in [1.29, 1.82) is 0 Å². The molecule has 0 amide bonds. The Kier molecular flexibility index (Phi) is 5.74. The molecule has 1 aromatic carbocycles. The molecule has 0 aromatic heterocycles. The van der Waals surface area contributed by atoms with Gasteiger partial charge in [-0.05, 0) is 24.3 Å². The van der Waals surface area contributed by atoms with Gasteiger partial charge in [0, 0.05) is 19.8 Å². The number of nitrogens with two attached hydrogens (primary N) is 1. The van der Waals surface area contributed by atoms with Crippen LogP contribution in [0.2, 0.25) is 0 Å². The third kappa shape index (κ3) is 3.93. The topological polar surface area (TPSA) is 89.7 Å². The number of hydrogen-bond donors (Lipinski definition) is 1. The summed E-state index contributed by atoms with van der Waals surface area (Å²) in [4.78, 5) is 1.84. The molecule has 8 heteroatoms. The third-order valence-corrected chi connectivity index (χ3v) is 2.55. The van der Waals surface area contributed by atoms with Gasteiger partial charge in [-0.15, -0.1) is 0 Å². The average molecular weight is 253 g/mol. The normalized spacial score (nSPS) is 10.5. The predicted molar refractivity (Wildman–Crippen MR) is 57.1 cm³/mol. The molecular weight excluding hydrogens is 241 g/mol. The van der Waals surface area contributed by atoms with Gasteiger partial charge in [-0.25, -0.2) is 18.7 Å². The average Bonchev–Trinajstić information content (AvgIpc) is 2.15. The van der Waals surface area contributed by atoms with Gasteiger partial charge in [0.15, 0.2) is 10.3 Å². The van der Waals surface area contributed by atoms with Gasteiger partial charge in [0.25, 0.3) is 0 Å². The molecule has 0 saturated carbocycles. The minimum atomic E-state index is -4.64. The number of hydrogen-bond acceptors (Lipinski definition) is 5. The zero-order valence-electron chi connectivity index (χ0n) is 9.41. The van der Waals surface area contributed by atoms with Crippen molar-refractivity contribution in [2.24, 2.45) is 5.84 Å². The molecule has 6 nitrogen and oxygen atoms in total. The first-order valence-electron chi connectivity index (χ1n) is 4.10. The van der Waals surface area contributed by atoms with Crippen LogP contribution in [0.25, 0.3) is 0 Å². The molecule has 0 aliphatic carbocycles. The maximum atomic E-state index is 10.6. The molecule has 0 radical (unpaired) electrons. The molecule has 0 bridgehead atoms. The Morgan fingerprint density at radius 2 is 1.50 bits per heavy atom. The van der Waals surface area contributed by atoms with E-state index in [4.69, 9.17) is 5.84 Å². The number of rotatable bonds is 3. The van der Waals surface area contributed by atoms with E-state index in [1.54, 1.807) is 12.1 Å². The van der Waals surface area contributed by atoms with Gasteiger partial charge in [0.1, 0.15) is 0 Å². The maximum Gasteiger partial charge on any atom is 1.00 e. The molecule has 0 spiro atoms. The summed E-state index contributed by atoms with van der Waals surface area (Å²) in [6, 6.07) is 6.26. The van der Waals surface area contributed by atoms with E-state index in [1.807, 2.05) is 19.0 Å². The molecular formula is C8H12N3NaO3S. The molecule has 1 rings (SSSR count). The van der Waals surface area contributed by atoms with Crippen LogP contribution in [0.4, 0.5) is 11.4 Å². The monoisotopic (exact) mass is 253 g/mol. The van der Waals surface area contributed by atoms with Crippen molar-refractivity contribution in [3.05, 3.63) is 24.3 Å². The summed E-state index contributed by atoms with van der Waals surface area (Å²) in [5, 5.41) is 0. The zero-order chi connectivity index (χ0) is 11.6. The van der Waals surface area contributed by atoms with Gasteiger partial charge >= 0.3 is 29.6 Å². The van der Waals surface area contributed by atoms with E-state index >= 15 is 0 Å². The summed E-state index contributed by atoms with van der Waals surface area (Å²) >= 11 is 0. The Morgan fingerprint density at radius 3 is 1.81 bits per heavy atom. The Bertz CT molecular complexity index is 432. The molecule has 0 aliphatic heterocycles. The van der Waals surface area contributed by atoms with E-state index in [0.29, 0.717) is 0 Å². The molecule has 0 unspecified atom stereocenters. The minimum Gasteiger partial charge on any atom is -0.730 e. The second-order valence-corrected chi connectivity index (χ2v) is 4.41. The standard InChI is InChI=1S/C8H13N3O3S.Na/c1-10(2)7-3-5-8(6-4-7)11(9)15(12,13)14;/h3-6H,9H2,1-2H3,(H,12,13,14);/q;+1/p-1. The van der Waals surface area contributed by atoms with Gasteiger partial charge < -0.3 is 9.45 Å². The number of nitrogens with zero attached hydrogens (tertiary/aromatic N) is 2. The maximum absolute atomic E-state index is 10.6. The first-order chi connectivity index (χ1) is 6.82. The molecule has 2 N–H and O–H groups in total. The van der Waals surface area contributed by atoms with Crippen molar-refractivity contribution in [2.75, 3.05) is 23.4 Å². The molecule has 16 heavy (non-hydrogen) atoms. The Balaban J connectivity index is 0.00000225. The zero-order valence-corrected chi connectivity index (χ0v) is 12.2. The van der Waals surface area contributed by atoms with Gasteiger partial charge in [0.05, 0.1) is 5.69 Å². The van der Waals surface area contributed by atoms with E-state index < -0.39 is 10.3 Å². The van der Waals surface area contributed by atoms with Crippen LogP contribution >= 0.6 is 0 Å². The van der Waals surface area contributed by atoms with Gasteiger partial charge in [-0.1, -0.05) is 0 Å². The fraction of sp³-hybridized carbons (Fsp3) is 0.250. The second kappa shape index (κ2) is 5.85. The largest absolute Gasteiger partial charge is 1.00 e. The van der Waals surface area contributed by atoms with Crippen LogP contribution in [0.5, 0.6) is 0 Å². The Hall–Kier alpha value is -0.310. The summed E-state index contributed by atoms with van der Waals surface area (Å²) in [7, 11) is -0.948. The van der Waals surface area contributed by atoms with Crippen LogP contribution < -0.4 is 44.7 Å². The quantitative estimate of drug-likeness (QED) is 0.267. The van der Waals surface area contributed by atoms with Crippen molar-refractivity contribution in [2.45, 2.75) is 0 Å². The third-order valence-electron chi connectivity index (χ3n) is 1.86. The smallest absolute Gasteiger partial charge is 0.730 e. The number of benzene rings is 1. The molecule has 84 valence electrons. The summed E-state index contributed by atoms with van der Waals surface area (Å²) in [5.41, 5.74) is 1.02. The Labute approximate surface area is 117 Å². The van der Waals surface area contributed by atoms with Crippen LogP contribution in [-0.2, 0) is 10.3 Å². The molecule has 0 atom stereocenters. The first-order valence-corrected chi connectivity index (χ1v) is 5.47. The molecule has 0 saturated heterocycles. The van der Waals surface area contributed by atoms with Gasteiger partial charge in [-0.3, -0.25) is 0 Å². The van der Waals surface area contributed by atoms with Crippen LogP contribution in [0.3, 0.4) is 0 Å². The number of hydrazine groups is 1. The van der Waals surface area contributed by atoms with Gasteiger partial charge in [-0.2, -0.15) is 0 Å².